The molecule has 1 saturated heterocycles. The van der Waals surface area contributed by atoms with Gasteiger partial charge in [0.15, 0.2) is 0 Å². The van der Waals surface area contributed by atoms with Crippen molar-refractivity contribution in [3.05, 3.63) is 23.8 Å². The summed E-state index contributed by atoms with van der Waals surface area (Å²) in [4.78, 5) is 25.4. The molecule has 1 heterocycles. The first-order chi connectivity index (χ1) is 11.8. The zero-order valence-electron chi connectivity index (χ0n) is 14.5. The molecule has 0 spiro atoms. The first kappa shape index (κ1) is 19.4. The van der Waals surface area contributed by atoms with Crippen molar-refractivity contribution in [2.75, 3.05) is 32.1 Å². The van der Waals surface area contributed by atoms with Crippen LogP contribution in [-0.2, 0) is 24.3 Å². The lowest BCUT2D eigenvalue weighted by Gasteiger charge is -2.21. The van der Waals surface area contributed by atoms with Crippen LogP contribution in [0.3, 0.4) is 0 Å². The lowest BCUT2D eigenvalue weighted by molar-refractivity contribution is -0.142. The molecule has 1 atom stereocenters. The van der Waals surface area contributed by atoms with Crippen molar-refractivity contribution in [3.8, 4) is 0 Å². The van der Waals surface area contributed by atoms with Crippen LogP contribution in [0, 0.1) is 6.92 Å². The van der Waals surface area contributed by atoms with Gasteiger partial charge in [-0.05, 0) is 38.1 Å². The van der Waals surface area contributed by atoms with Gasteiger partial charge in [-0.1, -0.05) is 6.07 Å². The average molecular weight is 369 g/mol. The predicted molar refractivity (Wildman–Crippen MR) is 92.8 cm³/mol. The number of benzene rings is 1. The molecule has 0 unspecified atom stereocenters. The normalized spacial score (nSPS) is 16.1. The molecule has 1 aromatic rings. The van der Waals surface area contributed by atoms with Crippen molar-refractivity contribution in [3.63, 3.8) is 0 Å². The highest BCUT2D eigenvalue weighted by atomic mass is 32.2. The number of carbonyl (C=O) groups is 2. The number of esters is 1. The quantitative estimate of drug-likeness (QED) is 0.664. The van der Waals surface area contributed by atoms with Crippen LogP contribution in [0.1, 0.15) is 18.4 Å². The fourth-order valence-electron chi connectivity index (χ4n) is 2.86. The number of nitrogens with zero attached hydrogens (tertiary/aromatic N) is 1. The number of carbonyl (C=O) groups excluding carboxylic acids is 2. The topological polar surface area (TPSA) is 105 Å². The number of rotatable bonds is 7. The fraction of sp³-hybridized carbons (Fsp3) is 0.500. The number of nitrogens with one attached hydrogen (secondary N) is 2. The third-order valence-electron chi connectivity index (χ3n) is 4.10. The van der Waals surface area contributed by atoms with Gasteiger partial charge in [0, 0.05) is 25.2 Å². The second-order valence-corrected chi connectivity index (χ2v) is 7.49. The van der Waals surface area contributed by atoms with Crippen LogP contribution in [0.4, 0.5) is 5.69 Å². The molecule has 1 fully saturated rings. The Balaban J connectivity index is 2.36. The Labute approximate surface area is 147 Å². The van der Waals surface area contributed by atoms with E-state index in [1.54, 1.807) is 31.0 Å². The largest absolute Gasteiger partial charge is 0.468 e. The van der Waals surface area contributed by atoms with Gasteiger partial charge in [0.1, 0.15) is 6.04 Å². The van der Waals surface area contributed by atoms with Crippen LogP contribution in [0.5, 0.6) is 0 Å². The molecule has 2 N–H and O–H groups in total. The Morgan fingerprint density at radius 3 is 2.68 bits per heavy atom. The second kappa shape index (κ2) is 7.94. The molecule has 1 aromatic carbocycles. The summed E-state index contributed by atoms with van der Waals surface area (Å²) in [6.07, 6.45) is 1.21. The van der Waals surface area contributed by atoms with Gasteiger partial charge in [-0.15, -0.1) is 0 Å². The third kappa shape index (κ3) is 4.17. The standard InChI is InChI=1S/C16H23N3O5S/c1-11-13(19-9-5-8-15(19)20)6-4-7-14(11)25(22,23)18-12(10-17-2)16(21)24-3/h4,6-7,12,17-18H,5,8-10H2,1-3H3/t12-/m0/s1. The Hall–Kier alpha value is -1.97. The zero-order valence-corrected chi connectivity index (χ0v) is 15.4. The maximum atomic E-state index is 12.8. The fourth-order valence-corrected chi connectivity index (χ4v) is 4.31. The van der Waals surface area contributed by atoms with E-state index < -0.39 is 22.0 Å². The summed E-state index contributed by atoms with van der Waals surface area (Å²) in [6, 6.07) is 3.73. The summed E-state index contributed by atoms with van der Waals surface area (Å²) in [6.45, 7) is 2.32. The Morgan fingerprint density at radius 2 is 2.12 bits per heavy atom. The van der Waals surface area contributed by atoms with Crippen molar-refractivity contribution in [1.82, 2.24) is 10.0 Å². The number of likely N-dealkylation sites (N-methyl/N-ethyl adjacent to an activating group) is 1. The van der Waals surface area contributed by atoms with Crippen LogP contribution in [0.2, 0.25) is 0 Å². The Bertz CT molecular complexity index is 763. The summed E-state index contributed by atoms with van der Waals surface area (Å²) in [5.74, 6) is -0.699. The molecule has 0 bridgehead atoms. The monoisotopic (exact) mass is 369 g/mol. The van der Waals surface area contributed by atoms with Crippen molar-refractivity contribution in [2.45, 2.75) is 30.7 Å². The minimum absolute atomic E-state index is 0.0202. The number of amides is 1. The van der Waals surface area contributed by atoms with Gasteiger partial charge in [0.25, 0.3) is 0 Å². The number of hydrogen-bond acceptors (Lipinski definition) is 6. The SMILES string of the molecule is CNC[C@H](NS(=O)(=O)c1cccc(N2CCCC2=O)c1C)C(=O)OC. The van der Waals surface area contributed by atoms with Crippen LogP contribution in [0.15, 0.2) is 23.1 Å². The number of methoxy groups -OCH3 is 1. The van der Waals surface area contributed by atoms with E-state index in [-0.39, 0.29) is 17.3 Å². The Kier molecular flexibility index (Phi) is 6.15. The first-order valence-corrected chi connectivity index (χ1v) is 9.45. The summed E-state index contributed by atoms with van der Waals surface area (Å²) in [7, 11) is -1.16. The van der Waals surface area contributed by atoms with Crippen LogP contribution >= 0.6 is 0 Å². The molecular weight excluding hydrogens is 346 g/mol. The predicted octanol–water partition coefficient (Wildman–Crippen LogP) is 0.161. The van der Waals surface area contributed by atoms with E-state index in [1.807, 2.05) is 0 Å². The van der Waals surface area contributed by atoms with Crippen molar-refractivity contribution in [1.29, 1.82) is 0 Å². The number of anilines is 1. The van der Waals surface area contributed by atoms with Crippen molar-refractivity contribution < 1.29 is 22.7 Å². The van der Waals surface area contributed by atoms with E-state index in [0.717, 1.165) is 6.42 Å². The molecular formula is C16H23N3O5S. The maximum absolute atomic E-state index is 12.8. The molecule has 1 amide bonds. The highest BCUT2D eigenvalue weighted by molar-refractivity contribution is 7.89. The second-order valence-electron chi connectivity index (χ2n) is 5.80. The van der Waals surface area contributed by atoms with Crippen molar-refractivity contribution >= 4 is 27.6 Å². The van der Waals surface area contributed by atoms with Gasteiger partial charge in [-0.3, -0.25) is 9.59 Å². The van der Waals surface area contributed by atoms with E-state index in [1.165, 1.54) is 13.2 Å². The number of ether oxygens (including phenoxy) is 1. The lowest BCUT2D eigenvalue weighted by Crippen LogP contribution is -2.47. The molecule has 1 aliphatic heterocycles. The van der Waals surface area contributed by atoms with Gasteiger partial charge in [-0.25, -0.2) is 8.42 Å². The summed E-state index contributed by atoms with van der Waals surface area (Å²) >= 11 is 0. The first-order valence-electron chi connectivity index (χ1n) is 7.96. The van der Waals surface area contributed by atoms with Gasteiger partial charge in [0.05, 0.1) is 12.0 Å². The summed E-state index contributed by atoms with van der Waals surface area (Å²) < 4.78 is 32.5. The molecule has 2 rings (SSSR count). The van der Waals surface area contributed by atoms with E-state index >= 15 is 0 Å². The van der Waals surface area contributed by atoms with Gasteiger partial charge in [0.2, 0.25) is 15.9 Å². The van der Waals surface area contributed by atoms with Crippen LogP contribution in [-0.4, -0.2) is 53.6 Å². The highest BCUT2D eigenvalue weighted by Crippen LogP contribution is 2.29. The highest BCUT2D eigenvalue weighted by Gasteiger charge is 2.29. The smallest absolute Gasteiger partial charge is 0.325 e. The zero-order chi connectivity index (χ0) is 18.6. The van der Waals surface area contributed by atoms with E-state index in [2.05, 4.69) is 14.8 Å². The Morgan fingerprint density at radius 1 is 1.40 bits per heavy atom. The van der Waals surface area contributed by atoms with Gasteiger partial charge >= 0.3 is 5.97 Å². The lowest BCUT2D eigenvalue weighted by atomic mass is 10.2. The number of hydrogen-bond donors (Lipinski definition) is 2. The van der Waals surface area contributed by atoms with E-state index in [0.29, 0.717) is 24.2 Å². The molecule has 0 aliphatic carbocycles. The molecule has 1 aliphatic rings. The van der Waals surface area contributed by atoms with Gasteiger partial charge < -0.3 is 15.0 Å². The molecule has 25 heavy (non-hydrogen) atoms. The minimum Gasteiger partial charge on any atom is -0.468 e. The molecule has 9 heteroatoms. The average Bonchev–Trinajstić information content (AvgIpc) is 2.99. The summed E-state index contributed by atoms with van der Waals surface area (Å²) in [5.41, 5.74) is 1.05. The molecule has 138 valence electrons. The van der Waals surface area contributed by atoms with Gasteiger partial charge in [-0.2, -0.15) is 4.72 Å². The van der Waals surface area contributed by atoms with Crippen molar-refractivity contribution in [2.24, 2.45) is 0 Å². The van der Waals surface area contributed by atoms with E-state index in [4.69, 9.17) is 0 Å². The van der Waals surface area contributed by atoms with Crippen LogP contribution < -0.4 is 14.9 Å². The minimum atomic E-state index is -3.97. The number of sulfonamides is 1. The van der Waals surface area contributed by atoms with E-state index in [9.17, 15) is 18.0 Å². The molecule has 0 aromatic heterocycles. The van der Waals surface area contributed by atoms with Crippen LogP contribution in [0.25, 0.3) is 0 Å². The molecule has 0 radical (unpaired) electrons. The molecule has 0 saturated carbocycles. The molecule has 8 nitrogen and oxygen atoms in total. The maximum Gasteiger partial charge on any atom is 0.325 e. The summed E-state index contributed by atoms with van der Waals surface area (Å²) in [5, 5.41) is 2.75. The third-order valence-corrected chi connectivity index (χ3v) is 5.72.